The van der Waals surface area contributed by atoms with Gasteiger partial charge >= 0.3 is 0 Å². The second-order valence-electron chi connectivity index (χ2n) is 2.69. The number of nitrogens with two attached hydrogens (primary N) is 1. The maximum absolute atomic E-state index is 10.7. The third-order valence-corrected chi connectivity index (χ3v) is 3.16. The molecular weight excluding hydrogens is 285 g/mol. The predicted octanol–water partition coefficient (Wildman–Crippen LogP) is -0.619. The summed E-state index contributed by atoms with van der Waals surface area (Å²) in [5.74, 6) is 0. The molecule has 0 aliphatic carbocycles. The molecule has 4 N–H and O–H groups in total. The molecule has 0 saturated carbocycles. The summed E-state index contributed by atoms with van der Waals surface area (Å²) in [6.45, 7) is 0. The van der Waals surface area contributed by atoms with Crippen LogP contribution in [0.5, 0.6) is 0 Å². The topological polar surface area (TPSA) is 135 Å². The van der Waals surface area contributed by atoms with Crippen molar-refractivity contribution >= 4 is 77.3 Å². The van der Waals surface area contributed by atoms with Crippen molar-refractivity contribution in [1.82, 2.24) is 0 Å². The van der Waals surface area contributed by atoms with Gasteiger partial charge in [0.05, 0.1) is 9.79 Å². The minimum atomic E-state index is -4.56. The van der Waals surface area contributed by atoms with Gasteiger partial charge in [-0.05, 0) is 18.2 Å². The van der Waals surface area contributed by atoms with Gasteiger partial charge in [-0.15, -0.1) is 0 Å². The van der Waals surface area contributed by atoms with Crippen LogP contribution in [0, 0.1) is 0 Å². The molecule has 10 heteroatoms. The zero-order chi connectivity index (χ0) is 11.9. The number of hydrogen-bond acceptors (Lipinski definition) is 5. The molecule has 0 fully saturated rings. The fraction of sp³-hybridized carbons (Fsp3) is 0. The standard InChI is InChI=1S/C6H7NO6S2.K/c7-4-1-5(14(8,9)10)3-6(2-4)15(11,12)13;/h1-3H,7H2,(H,8,9,10)(H,11,12,13);. The first kappa shape index (κ1) is 16.5. The van der Waals surface area contributed by atoms with E-state index in [0.717, 1.165) is 12.1 Å². The normalized spacial score (nSPS) is 11.9. The summed E-state index contributed by atoms with van der Waals surface area (Å²) in [6.07, 6.45) is 0. The Hall–Kier alpha value is 0.476. The molecule has 85 valence electrons. The van der Waals surface area contributed by atoms with Crippen LogP contribution < -0.4 is 5.73 Å². The Labute approximate surface area is 135 Å². The number of rotatable bonds is 2. The Morgan fingerprint density at radius 2 is 1.19 bits per heavy atom. The van der Waals surface area contributed by atoms with Crippen LogP contribution in [0.4, 0.5) is 5.69 Å². The smallest absolute Gasteiger partial charge is 0.294 e. The SMILES string of the molecule is Nc1cc(S(=O)(=O)O)cc(S(=O)(=O)O)c1.[K]. The van der Waals surface area contributed by atoms with Crippen molar-refractivity contribution < 1.29 is 25.9 Å². The van der Waals surface area contributed by atoms with Crippen molar-refractivity contribution in [3.63, 3.8) is 0 Å². The van der Waals surface area contributed by atoms with Crippen molar-refractivity contribution in [3.05, 3.63) is 18.2 Å². The van der Waals surface area contributed by atoms with Gasteiger partial charge in [0.2, 0.25) is 0 Å². The molecular formula is C6H7KNO6S2. The van der Waals surface area contributed by atoms with Crippen LogP contribution in [0.2, 0.25) is 0 Å². The van der Waals surface area contributed by atoms with Crippen molar-refractivity contribution in [1.29, 1.82) is 0 Å². The molecule has 0 aromatic heterocycles. The Bertz CT molecular complexity index is 543. The molecule has 1 aromatic rings. The first-order valence-electron chi connectivity index (χ1n) is 3.46. The summed E-state index contributed by atoms with van der Waals surface area (Å²) in [5, 5.41) is 0. The number of anilines is 1. The van der Waals surface area contributed by atoms with Crippen molar-refractivity contribution in [2.45, 2.75) is 9.79 Å². The minimum Gasteiger partial charge on any atom is -0.399 e. The van der Waals surface area contributed by atoms with E-state index in [4.69, 9.17) is 14.8 Å². The maximum Gasteiger partial charge on any atom is 0.294 e. The van der Waals surface area contributed by atoms with Gasteiger partial charge in [0.1, 0.15) is 0 Å². The van der Waals surface area contributed by atoms with Gasteiger partial charge in [0.15, 0.2) is 0 Å². The number of hydrogen-bond donors (Lipinski definition) is 3. The summed E-state index contributed by atoms with van der Waals surface area (Å²) in [6, 6.07) is 2.33. The summed E-state index contributed by atoms with van der Waals surface area (Å²) >= 11 is 0. The maximum atomic E-state index is 10.7. The van der Waals surface area contributed by atoms with E-state index in [2.05, 4.69) is 0 Å². The summed E-state index contributed by atoms with van der Waals surface area (Å²) in [5.41, 5.74) is 4.99. The van der Waals surface area contributed by atoms with Crippen molar-refractivity contribution in [2.75, 3.05) is 5.73 Å². The van der Waals surface area contributed by atoms with Gasteiger partial charge in [0, 0.05) is 57.1 Å². The molecule has 0 aliphatic rings. The van der Waals surface area contributed by atoms with Gasteiger partial charge in [-0.25, -0.2) is 0 Å². The number of benzene rings is 1. The third-order valence-electron chi connectivity index (χ3n) is 1.50. The summed E-state index contributed by atoms with van der Waals surface area (Å²) in [4.78, 5) is -1.40. The van der Waals surface area contributed by atoms with Crippen molar-refractivity contribution in [3.8, 4) is 0 Å². The zero-order valence-electron chi connectivity index (χ0n) is 8.15. The second-order valence-corrected chi connectivity index (χ2v) is 5.53. The van der Waals surface area contributed by atoms with E-state index in [0.29, 0.717) is 6.07 Å². The zero-order valence-corrected chi connectivity index (χ0v) is 12.9. The van der Waals surface area contributed by atoms with Gasteiger partial charge in [-0.3, -0.25) is 9.11 Å². The average Bonchev–Trinajstić information content (AvgIpc) is 1.99. The molecule has 0 heterocycles. The molecule has 0 spiro atoms. The van der Waals surface area contributed by atoms with Crippen molar-refractivity contribution in [2.24, 2.45) is 0 Å². The van der Waals surface area contributed by atoms with E-state index < -0.39 is 30.0 Å². The second kappa shape index (κ2) is 5.41. The van der Waals surface area contributed by atoms with Crippen LogP contribution in [0.1, 0.15) is 0 Å². The van der Waals surface area contributed by atoms with Crippen LogP contribution >= 0.6 is 0 Å². The molecule has 16 heavy (non-hydrogen) atoms. The number of nitrogen functional groups attached to an aromatic ring is 1. The van der Waals surface area contributed by atoms with E-state index in [-0.39, 0.29) is 57.1 Å². The van der Waals surface area contributed by atoms with Crippen LogP contribution in [-0.2, 0) is 20.2 Å². The van der Waals surface area contributed by atoms with Crippen LogP contribution in [0.3, 0.4) is 0 Å². The van der Waals surface area contributed by atoms with Crippen LogP contribution in [-0.4, -0.2) is 77.3 Å². The first-order chi connectivity index (χ1) is 6.60. The molecule has 1 radical (unpaired) electrons. The molecule has 0 bridgehead atoms. The summed E-state index contributed by atoms with van der Waals surface area (Å²) < 4.78 is 60.0. The first-order valence-corrected chi connectivity index (χ1v) is 6.34. The van der Waals surface area contributed by atoms with Gasteiger partial charge in [-0.1, -0.05) is 0 Å². The molecule has 0 amide bonds. The van der Waals surface area contributed by atoms with Gasteiger partial charge in [0.25, 0.3) is 20.2 Å². The molecule has 0 aliphatic heterocycles. The molecule has 0 unspecified atom stereocenters. The largest absolute Gasteiger partial charge is 0.399 e. The van der Waals surface area contributed by atoms with Crippen LogP contribution in [0.15, 0.2) is 28.0 Å². The van der Waals surface area contributed by atoms with Crippen LogP contribution in [0.25, 0.3) is 0 Å². The van der Waals surface area contributed by atoms with Gasteiger partial charge < -0.3 is 5.73 Å². The summed E-state index contributed by atoms with van der Waals surface area (Å²) in [7, 11) is -9.13. The monoisotopic (exact) mass is 292 g/mol. The Morgan fingerprint density at radius 1 is 0.875 bits per heavy atom. The van der Waals surface area contributed by atoms with E-state index in [1.807, 2.05) is 0 Å². The Balaban J connectivity index is 0.00000225. The Kier molecular flexibility index (Phi) is 5.57. The Morgan fingerprint density at radius 3 is 1.44 bits per heavy atom. The predicted molar refractivity (Wildman–Crippen MR) is 56.2 cm³/mol. The van der Waals surface area contributed by atoms with E-state index in [1.54, 1.807) is 0 Å². The van der Waals surface area contributed by atoms with Gasteiger partial charge in [-0.2, -0.15) is 16.8 Å². The van der Waals surface area contributed by atoms with E-state index in [1.165, 1.54) is 0 Å². The van der Waals surface area contributed by atoms with E-state index >= 15 is 0 Å². The quantitative estimate of drug-likeness (QED) is 0.375. The minimum absolute atomic E-state index is 0. The molecule has 0 saturated heterocycles. The fourth-order valence-electron chi connectivity index (χ4n) is 0.892. The molecule has 0 atom stereocenters. The molecule has 7 nitrogen and oxygen atoms in total. The third kappa shape index (κ3) is 4.39. The average molecular weight is 292 g/mol. The molecule has 1 aromatic carbocycles. The van der Waals surface area contributed by atoms with E-state index in [9.17, 15) is 16.8 Å². The fourth-order valence-corrected chi connectivity index (χ4v) is 2.09. The molecule has 1 rings (SSSR count).